The molecule has 0 bridgehead atoms. The first-order chi connectivity index (χ1) is 9.37. The van der Waals surface area contributed by atoms with Crippen LogP contribution in [0.1, 0.15) is 46.0 Å². The second-order valence-corrected chi connectivity index (χ2v) is 7.12. The number of carbonyl (C=O) groups is 2. The van der Waals surface area contributed by atoms with E-state index in [-0.39, 0.29) is 17.3 Å². The van der Waals surface area contributed by atoms with Crippen LogP contribution in [0.25, 0.3) is 0 Å². The normalized spacial score (nSPS) is 20.1. The zero-order chi connectivity index (χ0) is 15.2. The molecule has 1 aliphatic rings. The molecule has 0 aliphatic heterocycles. The lowest BCUT2D eigenvalue weighted by Gasteiger charge is -2.28. The van der Waals surface area contributed by atoms with Gasteiger partial charge in [0.2, 0.25) is 0 Å². The van der Waals surface area contributed by atoms with Gasteiger partial charge in [0, 0.05) is 17.8 Å². The molecule has 2 amide bonds. The predicted octanol–water partition coefficient (Wildman–Crippen LogP) is 2.46. The Kier molecular flexibility index (Phi) is 6.17. The van der Waals surface area contributed by atoms with Crippen LogP contribution in [0, 0.1) is 5.41 Å². The summed E-state index contributed by atoms with van der Waals surface area (Å²) in [6.07, 6.45) is 7.28. The molecule has 1 fully saturated rings. The van der Waals surface area contributed by atoms with E-state index in [1.165, 1.54) is 12.8 Å². The Morgan fingerprint density at radius 2 is 1.90 bits per heavy atom. The molecule has 3 N–H and O–H groups in total. The molecule has 1 aliphatic carbocycles. The van der Waals surface area contributed by atoms with Crippen LogP contribution in [-0.2, 0) is 4.79 Å². The largest absolute Gasteiger partial charge is 0.481 e. The van der Waals surface area contributed by atoms with E-state index >= 15 is 0 Å². The van der Waals surface area contributed by atoms with Crippen LogP contribution in [0.3, 0.4) is 0 Å². The summed E-state index contributed by atoms with van der Waals surface area (Å²) in [5.41, 5.74) is -0.901. The Morgan fingerprint density at radius 1 is 1.30 bits per heavy atom. The van der Waals surface area contributed by atoms with Gasteiger partial charge in [-0.3, -0.25) is 4.79 Å². The predicted molar refractivity (Wildman–Crippen MR) is 82.1 cm³/mol. The van der Waals surface area contributed by atoms with Gasteiger partial charge in [-0.15, -0.1) is 0 Å². The number of nitrogens with one attached hydrogen (secondary N) is 2. The standard InChI is InChI=1S/C14H26N2O3S/c1-4-13(2,11(17)18)9-15-12(19)16-10-14(20-3)7-5-6-8-14/h4-10H2,1-3H3,(H,17,18)(H2,15,16,19). The van der Waals surface area contributed by atoms with Crippen LogP contribution >= 0.6 is 11.8 Å². The van der Waals surface area contributed by atoms with Crippen molar-refractivity contribution in [1.29, 1.82) is 0 Å². The van der Waals surface area contributed by atoms with Gasteiger partial charge in [-0.2, -0.15) is 11.8 Å². The molecule has 6 heteroatoms. The van der Waals surface area contributed by atoms with Crippen LogP contribution in [-0.4, -0.2) is 41.2 Å². The summed E-state index contributed by atoms with van der Waals surface area (Å²) in [4.78, 5) is 23.0. The van der Waals surface area contributed by atoms with Crippen molar-refractivity contribution in [3.05, 3.63) is 0 Å². The highest BCUT2D eigenvalue weighted by molar-refractivity contribution is 8.00. The molecule has 0 aromatic carbocycles. The van der Waals surface area contributed by atoms with E-state index in [0.717, 1.165) is 12.8 Å². The lowest BCUT2D eigenvalue weighted by atomic mass is 9.88. The van der Waals surface area contributed by atoms with Gasteiger partial charge in [-0.05, 0) is 32.4 Å². The van der Waals surface area contributed by atoms with E-state index in [2.05, 4.69) is 16.9 Å². The van der Waals surface area contributed by atoms with Gasteiger partial charge >= 0.3 is 12.0 Å². The highest BCUT2D eigenvalue weighted by Gasteiger charge is 2.34. The molecule has 1 saturated carbocycles. The number of hydrogen-bond acceptors (Lipinski definition) is 3. The summed E-state index contributed by atoms with van der Waals surface area (Å²) in [6, 6.07) is -0.272. The molecule has 0 heterocycles. The molecule has 1 rings (SSSR count). The molecular weight excluding hydrogens is 276 g/mol. The van der Waals surface area contributed by atoms with Gasteiger partial charge in [0.25, 0.3) is 0 Å². The van der Waals surface area contributed by atoms with Crippen molar-refractivity contribution in [2.75, 3.05) is 19.3 Å². The molecule has 20 heavy (non-hydrogen) atoms. The maximum Gasteiger partial charge on any atom is 0.314 e. The van der Waals surface area contributed by atoms with E-state index < -0.39 is 11.4 Å². The van der Waals surface area contributed by atoms with Crippen molar-refractivity contribution >= 4 is 23.8 Å². The Balaban J connectivity index is 2.39. The number of amides is 2. The molecule has 1 unspecified atom stereocenters. The summed E-state index contributed by atoms with van der Waals surface area (Å²) < 4.78 is 0.165. The maximum absolute atomic E-state index is 11.8. The Morgan fingerprint density at radius 3 is 2.35 bits per heavy atom. The average molecular weight is 302 g/mol. The second-order valence-electron chi connectivity index (χ2n) is 5.85. The number of carboxylic acid groups (broad SMARTS) is 1. The van der Waals surface area contributed by atoms with Crippen molar-refractivity contribution in [2.24, 2.45) is 5.41 Å². The van der Waals surface area contributed by atoms with Gasteiger partial charge < -0.3 is 15.7 Å². The van der Waals surface area contributed by atoms with Gasteiger partial charge in [0.1, 0.15) is 0 Å². The monoisotopic (exact) mass is 302 g/mol. The quantitative estimate of drug-likeness (QED) is 0.675. The van der Waals surface area contributed by atoms with Crippen molar-refractivity contribution < 1.29 is 14.7 Å². The minimum atomic E-state index is -0.901. The smallest absolute Gasteiger partial charge is 0.314 e. The number of urea groups is 1. The number of aliphatic carboxylic acids is 1. The number of carboxylic acids is 1. The minimum Gasteiger partial charge on any atom is -0.481 e. The second kappa shape index (κ2) is 7.20. The number of carbonyl (C=O) groups excluding carboxylic acids is 1. The summed E-state index contributed by atoms with van der Waals surface area (Å²) in [5.74, 6) is -0.878. The fraction of sp³-hybridized carbons (Fsp3) is 0.857. The minimum absolute atomic E-state index is 0.150. The molecular formula is C14H26N2O3S. The third-order valence-electron chi connectivity index (χ3n) is 4.45. The Labute approximate surface area is 125 Å². The van der Waals surface area contributed by atoms with Crippen LogP contribution in [0.4, 0.5) is 4.79 Å². The maximum atomic E-state index is 11.8. The average Bonchev–Trinajstić information content (AvgIpc) is 2.91. The lowest BCUT2D eigenvalue weighted by Crippen LogP contribution is -2.47. The van der Waals surface area contributed by atoms with Crippen molar-refractivity contribution in [3.63, 3.8) is 0 Å². The van der Waals surface area contributed by atoms with Crippen LogP contribution in [0.15, 0.2) is 0 Å². The van der Waals surface area contributed by atoms with Crippen molar-refractivity contribution in [1.82, 2.24) is 10.6 Å². The lowest BCUT2D eigenvalue weighted by molar-refractivity contribution is -0.147. The van der Waals surface area contributed by atoms with Crippen molar-refractivity contribution in [3.8, 4) is 0 Å². The van der Waals surface area contributed by atoms with Gasteiger partial charge in [0.15, 0.2) is 0 Å². The zero-order valence-electron chi connectivity index (χ0n) is 12.6. The van der Waals surface area contributed by atoms with Gasteiger partial charge in [0.05, 0.1) is 5.41 Å². The van der Waals surface area contributed by atoms with Crippen molar-refractivity contribution in [2.45, 2.75) is 50.7 Å². The van der Waals surface area contributed by atoms with Crippen LogP contribution in [0.2, 0.25) is 0 Å². The number of rotatable bonds is 7. The summed E-state index contributed by atoms with van der Waals surface area (Å²) in [7, 11) is 0. The third-order valence-corrected chi connectivity index (χ3v) is 5.87. The van der Waals surface area contributed by atoms with E-state index in [4.69, 9.17) is 5.11 Å². The van der Waals surface area contributed by atoms with Crippen LogP contribution < -0.4 is 10.6 Å². The Hall–Kier alpha value is -0.910. The highest BCUT2D eigenvalue weighted by atomic mass is 32.2. The first kappa shape index (κ1) is 17.1. The van der Waals surface area contributed by atoms with Gasteiger partial charge in [-0.25, -0.2) is 4.79 Å². The van der Waals surface area contributed by atoms with E-state index in [1.807, 2.05) is 18.7 Å². The van der Waals surface area contributed by atoms with E-state index in [0.29, 0.717) is 13.0 Å². The summed E-state index contributed by atoms with van der Waals surface area (Å²) >= 11 is 1.82. The SMILES string of the molecule is CCC(C)(CNC(=O)NCC1(SC)CCCC1)C(=O)O. The van der Waals surface area contributed by atoms with E-state index in [1.54, 1.807) is 6.92 Å². The summed E-state index contributed by atoms with van der Waals surface area (Å²) in [6.45, 7) is 4.26. The first-order valence-corrected chi connectivity index (χ1v) is 8.40. The molecule has 1 atom stereocenters. The first-order valence-electron chi connectivity index (χ1n) is 7.18. The molecule has 0 aromatic rings. The molecule has 5 nitrogen and oxygen atoms in total. The molecule has 0 radical (unpaired) electrons. The fourth-order valence-electron chi connectivity index (χ4n) is 2.40. The molecule has 0 spiro atoms. The Bertz CT molecular complexity index is 356. The zero-order valence-corrected chi connectivity index (χ0v) is 13.4. The molecule has 0 aromatic heterocycles. The topological polar surface area (TPSA) is 78.4 Å². The van der Waals surface area contributed by atoms with Crippen LogP contribution in [0.5, 0.6) is 0 Å². The molecule has 116 valence electrons. The number of thioether (sulfide) groups is 1. The molecule has 0 saturated heterocycles. The van der Waals surface area contributed by atoms with E-state index in [9.17, 15) is 9.59 Å². The highest BCUT2D eigenvalue weighted by Crippen LogP contribution is 2.39. The summed E-state index contributed by atoms with van der Waals surface area (Å²) in [5, 5.41) is 14.7. The fourth-order valence-corrected chi connectivity index (χ4v) is 3.32. The third kappa shape index (κ3) is 4.30. The number of hydrogen-bond donors (Lipinski definition) is 3. The van der Waals surface area contributed by atoms with Gasteiger partial charge in [-0.1, -0.05) is 19.8 Å².